The van der Waals surface area contributed by atoms with E-state index in [9.17, 15) is 0 Å². The van der Waals surface area contributed by atoms with Gasteiger partial charge in [-0.1, -0.05) is 103 Å². The summed E-state index contributed by atoms with van der Waals surface area (Å²) in [6.45, 7) is 0. The minimum absolute atomic E-state index is 0.819. The maximum Gasteiger partial charge on any atom is 0.0913 e. The van der Waals surface area contributed by atoms with Crippen molar-refractivity contribution in [2.24, 2.45) is 0 Å². The van der Waals surface area contributed by atoms with E-state index in [1.165, 1.54) is 32.9 Å². The zero-order valence-corrected chi connectivity index (χ0v) is 16.1. The fourth-order valence-corrected chi connectivity index (χ4v) is 4.97. The summed E-state index contributed by atoms with van der Waals surface area (Å²) in [5, 5.41) is 2.45. The highest BCUT2D eigenvalue weighted by Gasteiger charge is 2.15. The van der Waals surface area contributed by atoms with Crippen molar-refractivity contribution in [2.75, 3.05) is 7.11 Å². The molecule has 1 atom stereocenters. The monoisotopic (exact) mass is 368 g/mol. The minimum atomic E-state index is -0.819. The largest absolute Gasteiger partial charge is 0.353 e. The average molecular weight is 368 g/mol. The van der Waals surface area contributed by atoms with Crippen LogP contribution in [-0.4, -0.2) is 7.11 Å². The maximum atomic E-state index is 5.89. The topological polar surface area (TPSA) is 9.23 Å². The third-order valence-electron chi connectivity index (χ3n) is 4.58. The molecule has 0 heterocycles. The highest BCUT2D eigenvalue weighted by Crippen LogP contribution is 2.37. The molecule has 0 bridgehead atoms. The first-order valence-corrected chi connectivity index (χ1v) is 10.3. The van der Waals surface area contributed by atoms with E-state index in [2.05, 4.69) is 103 Å². The second-order valence-electron chi connectivity index (χ2n) is 6.27. The Morgan fingerprint density at radius 2 is 1.04 bits per heavy atom. The molecule has 0 spiro atoms. The van der Waals surface area contributed by atoms with E-state index in [4.69, 9.17) is 4.52 Å². The van der Waals surface area contributed by atoms with Gasteiger partial charge in [-0.25, -0.2) is 0 Å². The van der Waals surface area contributed by atoms with Gasteiger partial charge in [-0.2, -0.15) is 0 Å². The van der Waals surface area contributed by atoms with Crippen molar-refractivity contribution >= 4 is 18.8 Å². The van der Waals surface area contributed by atoms with Crippen LogP contribution in [-0.2, 0) is 4.52 Å². The van der Waals surface area contributed by atoms with Crippen LogP contribution in [0.5, 0.6) is 0 Å². The fraction of sp³-hybridized carbons (Fsp3) is 0.0400. The third-order valence-corrected chi connectivity index (χ3v) is 6.46. The van der Waals surface area contributed by atoms with Crippen molar-refractivity contribution in [3.8, 4) is 22.3 Å². The molecule has 132 valence electrons. The summed E-state index contributed by atoms with van der Waals surface area (Å²) in [5.41, 5.74) is 4.93. The number of hydrogen-bond acceptors (Lipinski definition) is 1. The first-order valence-electron chi connectivity index (χ1n) is 9.01. The van der Waals surface area contributed by atoms with E-state index in [-0.39, 0.29) is 0 Å². The van der Waals surface area contributed by atoms with Crippen LogP contribution in [0, 0.1) is 0 Å². The van der Waals surface area contributed by atoms with E-state index in [1.807, 2.05) is 6.07 Å². The van der Waals surface area contributed by atoms with Crippen LogP contribution in [0.3, 0.4) is 0 Å². The van der Waals surface area contributed by atoms with Crippen LogP contribution in [0.15, 0.2) is 109 Å². The van der Waals surface area contributed by atoms with Crippen molar-refractivity contribution in [3.05, 3.63) is 109 Å². The fourth-order valence-electron chi connectivity index (χ4n) is 3.33. The molecule has 2 heteroatoms. The normalized spacial score (nSPS) is 11.9. The minimum Gasteiger partial charge on any atom is -0.353 e. The Morgan fingerprint density at radius 3 is 1.70 bits per heavy atom. The second-order valence-corrected chi connectivity index (χ2v) is 8.26. The zero-order chi connectivity index (χ0) is 18.5. The van der Waals surface area contributed by atoms with Crippen molar-refractivity contribution < 1.29 is 4.52 Å². The molecule has 27 heavy (non-hydrogen) atoms. The molecule has 4 rings (SSSR count). The molecular formula is C25H21OP. The molecule has 0 aromatic heterocycles. The molecule has 0 aliphatic rings. The smallest absolute Gasteiger partial charge is 0.0913 e. The van der Waals surface area contributed by atoms with Crippen molar-refractivity contribution in [1.82, 2.24) is 0 Å². The summed E-state index contributed by atoms with van der Waals surface area (Å²) in [6.07, 6.45) is 0. The number of hydrogen-bond donors (Lipinski definition) is 0. The molecular weight excluding hydrogens is 347 g/mol. The molecule has 1 nitrogen and oxygen atoms in total. The molecule has 0 amide bonds. The van der Waals surface area contributed by atoms with Gasteiger partial charge in [0.2, 0.25) is 0 Å². The summed E-state index contributed by atoms with van der Waals surface area (Å²) < 4.78 is 5.89. The Labute approximate surface area is 162 Å². The second kappa shape index (κ2) is 8.31. The lowest BCUT2D eigenvalue weighted by Gasteiger charge is -2.17. The van der Waals surface area contributed by atoms with Gasteiger partial charge in [-0.15, -0.1) is 0 Å². The molecule has 1 unspecified atom stereocenters. The molecule has 4 aromatic rings. The lowest BCUT2D eigenvalue weighted by molar-refractivity contribution is 0.474. The average Bonchev–Trinajstić information content (AvgIpc) is 2.76. The van der Waals surface area contributed by atoms with E-state index in [0.29, 0.717) is 0 Å². The van der Waals surface area contributed by atoms with Crippen LogP contribution in [0.2, 0.25) is 0 Å². The Balaban J connectivity index is 1.78. The van der Waals surface area contributed by atoms with E-state index < -0.39 is 8.15 Å². The van der Waals surface area contributed by atoms with E-state index in [1.54, 1.807) is 7.11 Å². The van der Waals surface area contributed by atoms with Crippen LogP contribution >= 0.6 is 8.15 Å². The molecule has 0 fully saturated rings. The summed E-state index contributed by atoms with van der Waals surface area (Å²) in [4.78, 5) is 0. The quantitative estimate of drug-likeness (QED) is 0.392. The summed E-state index contributed by atoms with van der Waals surface area (Å²) in [7, 11) is 0.976. The highest BCUT2D eigenvalue weighted by atomic mass is 31.1. The van der Waals surface area contributed by atoms with Gasteiger partial charge in [0.05, 0.1) is 8.15 Å². The standard InChI is InChI=1S/C25H21OP/c1-26-27(22-14-6-3-7-15-22)23-16-10-13-21(19-23)25-18-9-8-17-24(25)20-11-4-2-5-12-20/h2-19H,1H3. The highest BCUT2D eigenvalue weighted by molar-refractivity contribution is 7.68. The Morgan fingerprint density at radius 1 is 0.519 bits per heavy atom. The van der Waals surface area contributed by atoms with Gasteiger partial charge < -0.3 is 4.52 Å². The van der Waals surface area contributed by atoms with Gasteiger partial charge in [0.25, 0.3) is 0 Å². The molecule has 0 radical (unpaired) electrons. The van der Waals surface area contributed by atoms with Gasteiger partial charge in [0.15, 0.2) is 0 Å². The first-order chi connectivity index (χ1) is 13.4. The first kappa shape index (κ1) is 17.7. The van der Waals surface area contributed by atoms with E-state index in [0.717, 1.165) is 0 Å². The molecule has 0 aliphatic carbocycles. The molecule has 0 saturated heterocycles. The van der Waals surface area contributed by atoms with Crippen LogP contribution in [0.25, 0.3) is 22.3 Å². The van der Waals surface area contributed by atoms with Crippen molar-refractivity contribution in [3.63, 3.8) is 0 Å². The lowest BCUT2D eigenvalue weighted by Crippen LogP contribution is -2.12. The van der Waals surface area contributed by atoms with Crippen molar-refractivity contribution in [1.29, 1.82) is 0 Å². The Kier molecular flexibility index (Phi) is 5.44. The van der Waals surface area contributed by atoms with Gasteiger partial charge >= 0.3 is 0 Å². The Bertz CT molecular complexity index is 1010. The lowest BCUT2D eigenvalue weighted by atomic mass is 9.95. The number of rotatable bonds is 5. The summed E-state index contributed by atoms with van der Waals surface area (Å²) in [6, 6.07) is 38.3. The SMILES string of the molecule is COP(c1ccccc1)c1cccc(-c2ccccc2-c2ccccc2)c1. The van der Waals surface area contributed by atoms with Crippen molar-refractivity contribution in [2.45, 2.75) is 0 Å². The predicted octanol–water partition coefficient (Wildman–Crippen LogP) is 6.01. The van der Waals surface area contributed by atoms with Gasteiger partial charge in [0.1, 0.15) is 0 Å². The number of benzene rings is 4. The zero-order valence-electron chi connectivity index (χ0n) is 15.2. The molecule has 0 N–H and O–H groups in total. The van der Waals surface area contributed by atoms with Gasteiger partial charge in [-0.05, 0) is 28.3 Å². The summed E-state index contributed by atoms with van der Waals surface area (Å²) >= 11 is 0. The van der Waals surface area contributed by atoms with E-state index >= 15 is 0 Å². The summed E-state index contributed by atoms with van der Waals surface area (Å²) in [5.74, 6) is 0. The Hall–Kier alpha value is -2.73. The molecule has 0 saturated carbocycles. The molecule has 4 aromatic carbocycles. The van der Waals surface area contributed by atoms with Gasteiger partial charge in [-0.3, -0.25) is 0 Å². The predicted molar refractivity (Wildman–Crippen MR) is 117 cm³/mol. The van der Waals surface area contributed by atoms with Gasteiger partial charge in [0, 0.05) is 17.7 Å². The third kappa shape index (κ3) is 3.85. The molecule has 0 aliphatic heterocycles. The van der Waals surface area contributed by atoms with Crippen LogP contribution in [0.1, 0.15) is 0 Å². The van der Waals surface area contributed by atoms with Crippen LogP contribution in [0.4, 0.5) is 0 Å². The maximum absolute atomic E-state index is 5.89. The van der Waals surface area contributed by atoms with Crippen LogP contribution < -0.4 is 10.6 Å².